The summed E-state index contributed by atoms with van der Waals surface area (Å²) in [6, 6.07) is 9.42. The number of urea groups is 1. The first-order valence-corrected chi connectivity index (χ1v) is 9.23. The van der Waals surface area contributed by atoms with Crippen LogP contribution in [0.5, 0.6) is 0 Å². The van der Waals surface area contributed by atoms with Crippen LogP contribution in [0.4, 0.5) is 14.9 Å². The lowest BCUT2D eigenvalue weighted by molar-refractivity contribution is 0.143. The fourth-order valence-corrected chi connectivity index (χ4v) is 3.27. The number of rotatable bonds is 3. The van der Waals surface area contributed by atoms with Gasteiger partial charge in [-0.05, 0) is 35.9 Å². The topological polar surface area (TPSA) is 35.6 Å². The highest BCUT2D eigenvalue weighted by molar-refractivity contribution is 6.42. The molecule has 0 unspecified atom stereocenters. The van der Waals surface area contributed by atoms with Crippen LogP contribution in [0.2, 0.25) is 15.1 Å². The number of benzene rings is 2. The summed E-state index contributed by atoms with van der Waals surface area (Å²) in [6.45, 7) is 3.29. The Morgan fingerprint density at radius 1 is 1.00 bits per heavy atom. The molecule has 1 fully saturated rings. The minimum Gasteiger partial charge on any atom is -0.322 e. The molecule has 138 valence electrons. The predicted octanol–water partition coefficient (Wildman–Crippen LogP) is 5.14. The number of anilines is 1. The van der Waals surface area contributed by atoms with Gasteiger partial charge in [0.15, 0.2) is 0 Å². The van der Waals surface area contributed by atoms with E-state index in [1.54, 1.807) is 11.0 Å². The Kier molecular flexibility index (Phi) is 6.24. The van der Waals surface area contributed by atoms with Gasteiger partial charge in [0.1, 0.15) is 5.82 Å². The molecule has 2 aromatic rings. The fourth-order valence-electron chi connectivity index (χ4n) is 2.79. The number of nitrogens with zero attached hydrogens (tertiary/aromatic N) is 2. The largest absolute Gasteiger partial charge is 0.322 e. The molecule has 0 bridgehead atoms. The number of nitrogens with one attached hydrogen (secondary N) is 1. The Bertz CT molecular complexity index is 810. The van der Waals surface area contributed by atoms with Crippen molar-refractivity contribution < 1.29 is 9.18 Å². The summed E-state index contributed by atoms with van der Waals surface area (Å²) >= 11 is 17.7. The zero-order valence-corrected chi connectivity index (χ0v) is 16.1. The number of piperazine rings is 1. The SMILES string of the molecule is O=C(Nc1ccc(Cl)cc1F)N1CCN(Cc2ccc(Cl)c(Cl)c2)CC1. The monoisotopic (exact) mass is 415 g/mol. The number of amides is 2. The van der Waals surface area contributed by atoms with Crippen molar-refractivity contribution in [2.45, 2.75) is 6.54 Å². The van der Waals surface area contributed by atoms with E-state index in [0.717, 1.165) is 25.2 Å². The third-order valence-corrected chi connectivity index (χ3v) is 5.20. The maximum atomic E-state index is 13.8. The van der Waals surface area contributed by atoms with Crippen molar-refractivity contribution in [2.24, 2.45) is 0 Å². The molecule has 1 aliphatic heterocycles. The highest BCUT2D eigenvalue weighted by Crippen LogP contribution is 2.24. The van der Waals surface area contributed by atoms with Crippen LogP contribution in [-0.2, 0) is 6.54 Å². The molecule has 2 amide bonds. The maximum Gasteiger partial charge on any atom is 0.322 e. The molecule has 0 atom stereocenters. The molecule has 2 aromatic carbocycles. The van der Waals surface area contributed by atoms with Gasteiger partial charge in [0.25, 0.3) is 0 Å². The van der Waals surface area contributed by atoms with Gasteiger partial charge >= 0.3 is 6.03 Å². The number of hydrogen-bond acceptors (Lipinski definition) is 2. The van der Waals surface area contributed by atoms with Crippen LogP contribution in [-0.4, -0.2) is 42.0 Å². The van der Waals surface area contributed by atoms with Crippen molar-refractivity contribution in [3.8, 4) is 0 Å². The zero-order chi connectivity index (χ0) is 18.7. The first-order chi connectivity index (χ1) is 12.4. The van der Waals surface area contributed by atoms with Crippen molar-refractivity contribution >= 4 is 46.5 Å². The van der Waals surface area contributed by atoms with Crippen LogP contribution in [0.15, 0.2) is 36.4 Å². The van der Waals surface area contributed by atoms with Crippen LogP contribution in [0.25, 0.3) is 0 Å². The van der Waals surface area contributed by atoms with Crippen LogP contribution < -0.4 is 5.32 Å². The minimum absolute atomic E-state index is 0.123. The zero-order valence-electron chi connectivity index (χ0n) is 13.8. The van der Waals surface area contributed by atoms with Gasteiger partial charge in [-0.3, -0.25) is 4.90 Å². The summed E-state index contributed by atoms with van der Waals surface area (Å²) in [4.78, 5) is 16.2. The maximum absolute atomic E-state index is 13.8. The second-order valence-electron chi connectivity index (χ2n) is 6.07. The van der Waals surface area contributed by atoms with Gasteiger partial charge in [0.05, 0.1) is 15.7 Å². The normalized spacial score (nSPS) is 15.2. The van der Waals surface area contributed by atoms with E-state index >= 15 is 0 Å². The second kappa shape index (κ2) is 8.44. The van der Waals surface area contributed by atoms with Crippen molar-refractivity contribution in [2.75, 3.05) is 31.5 Å². The van der Waals surface area contributed by atoms with Gasteiger partial charge in [0.2, 0.25) is 0 Å². The summed E-state index contributed by atoms with van der Waals surface area (Å²) in [5.41, 5.74) is 1.19. The third kappa shape index (κ3) is 4.80. The highest BCUT2D eigenvalue weighted by Gasteiger charge is 2.22. The molecule has 0 saturated carbocycles. The van der Waals surface area contributed by atoms with Gasteiger partial charge < -0.3 is 10.2 Å². The van der Waals surface area contributed by atoms with E-state index in [1.165, 1.54) is 18.2 Å². The minimum atomic E-state index is -0.552. The number of carbonyl (C=O) groups is 1. The van der Waals surface area contributed by atoms with Crippen LogP contribution in [0.1, 0.15) is 5.56 Å². The average molecular weight is 417 g/mol. The van der Waals surface area contributed by atoms with Crippen LogP contribution in [0.3, 0.4) is 0 Å². The van der Waals surface area contributed by atoms with Crippen molar-refractivity contribution in [1.82, 2.24) is 9.80 Å². The van der Waals surface area contributed by atoms with E-state index in [-0.39, 0.29) is 16.7 Å². The van der Waals surface area contributed by atoms with Gasteiger partial charge in [0, 0.05) is 37.7 Å². The van der Waals surface area contributed by atoms with Crippen molar-refractivity contribution in [3.63, 3.8) is 0 Å². The molecule has 4 nitrogen and oxygen atoms in total. The fraction of sp³-hybridized carbons (Fsp3) is 0.278. The molecule has 26 heavy (non-hydrogen) atoms. The van der Waals surface area contributed by atoms with Crippen LogP contribution >= 0.6 is 34.8 Å². The van der Waals surface area contributed by atoms with Crippen LogP contribution in [0, 0.1) is 5.82 Å². The Labute approximate surface area is 166 Å². The summed E-state index contributed by atoms with van der Waals surface area (Å²) < 4.78 is 13.8. The average Bonchev–Trinajstić information content (AvgIpc) is 2.61. The molecule has 8 heteroatoms. The standard InChI is InChI=1S/C18H17Cl3FN3O/c19-13-2-4-17(16(22)10-13)23-18(26)25-7-5-24(6-8-25)11-12-1-3-14(20)15(21)9-12/h1-4,9-10H,5-8,11H2,(H,23,26). The Hall–Kier alpha value is -1.53. The molecule has 1 saturated heterocycles. The Balaban J connectivity index is 1.52. The van der Waals surface area contributed by atoms with Crippen molar-refractivity contribution in [1.29, 1.82) is 0 Å². The van der Waals surface area contributed by atoms with Gasteiger partial charge in [-0.25, -0.2) is 9.18 Å². The van der Waals surface area contributed by atoms with Crippen molar-refractivity contribution in [3.05, 3.63) is 62.8 Å². The smallest absolute Gasteiger partial charge is 0.322 e. The summed E-state index contributed by atoms with van der Waals surface area (Å²) in [5.74, 6) is -0.552. The predicted molar refractivity (Wildman–Crippen MR) is 104 cm³/mol. The summed E-state index contributed by atoms with van der Waals surface area (Å²) in [6.07, 6.45) is 0. The van der Waals surface area contributed by atoms with E-state index < -0.39 is 5.82 Å². The molecule has 0 aromatic heterocycles. The van der Waals surface area contributed by atoms with E-state index in [0.29, 0.717) is 23.1 Å². The van der Waals surface area contributed by atoms with Gasteiger partial charge in [-0.15, -0.1) is 0 Å². The molecule has 1 heterocycles. The Morgan fingerprint density at radius 3 is 2.38 bits per heavy atom. The third-order valence-electron chi connectivity index (χ3n) is 4.22. The van der Waals surface area contributed by atoms with E-state index in [9.17, 15) is 9.18 Å². The molecule has 1 N–H and O–H groups in total. The van der Waals surface area contributed by atoms with E-state index in [1.807, 2.05) is 12.1 Å². The quantitative estimate of drug-likeness (QED) is 0.752. The molecule has 3 rings (SSSR count). The summed E-state index contributed by atoms with van der Waals surface area (Å²) in [7, 11) is 0. The highest BCUT2D eigenvalue weighted by atomic mass is 35.5. The molecule has 0 aliphatic carbocycles. The second-order valence-corrected chi connectivity index (χ2v) is 7.32. The molecule has 0 radical (unpaired) electrons. The number of carbonyl (C=O) groups excluding carboxylic acids is 1. The van der Waals surface area contributed by atoms with Gasteiger partial charge in [-0.2, -0.15) is 0 Å². The van der Waals surface area contributed by atoms with E-state index in [2.05, 4.69) is 10.2 Å². The lowest BCUT2D eigenvalue weighted by Crippen LogP contribution is -2.49. The lowest BCUT2D eigenvalue weighted by Gasteiger charge is -2.34. The molecule has 1 aliphatic rings. The number of hydrogen-bond donors (Lipinski definition) is 1. The molecular formula is C18H17Cl3FN3O. The Morgan fingerprint density at radius 2 is 1.73 bits per heavy atom. The summed E-state index contributed by atoms with van der Waals surface area (Å²) in [5, 5.41) is 3.94. The van der Waals surface area contributed by atoms with E-state index in [4.69, 9.17) is 34.8 Å². The lowest BCUT2D eigenvalue weighted by atomic mass is 10.2. The first kappa shape index (κ1) is 19.2. The van der Waals surface area contributed by atoms with Gasteiger partial charge in [-0.1, -0.05) is 40.9 Å². The molecular weight excluding hydrogens is 400 g/mol. The first-order valence-electron chi connectivity index (χ1n) is 8.09. The molecule has 0 spiro atoms. The number of halogens is 4.